The van der Waals surface area contributed by atoms with Gasteiger partial charge < -0.3 is 0 Å². The normalized spacial score (nSPS) is 9.20. The van der Waals surface area contributed by atoms with E-state index in [1.54, 1.807) is 0 Å². The van der Waals surface area contributed by atoms with E-state index in [2.05, 4.69) is 6.07 Å². The molecule has 10 heavy (non-hydrogen) atoms. The third-order valence-corrected chi connectivity index (χ3v) is 1.69. The molecule has 2 heteroatoms. The summed E-state index contributed by atoms with van der Waals surface area (Å²) in [5, 5.41) is 8.20. The topological polar surface area (TPSA) is 23.8 Å². The minimum Gasteiger partial charge on any atom is -0.198 e. The quantitative estimate of drug-likeness (QED) is 0.432. The summed E-state index contributed by atoms with van der Waals surface area (Å²) in [6.07, 6.45) is 6.52. The molecule has 0 aliphatic carbocycles. The average Bonchev–Trinajstić information content (AvgIpc) is 1.97. The molecule has 0 N–H and O–H groups in total. The zero-order chi connectivity index (χ0) is 7.66. The summed E-state index contributed by atoms with van der Waals surface area (Å²) >= 11 is 5.49. The molecule has 0 radical (unpaired) electrons. The van der Waals surface area contributed by atoms with E-state index in [-0.39, 0.29) is 0 Å². The molecule has 0 heterocycles. The van der Waals surface area contributed by atoms with Crippen LogP contribution in [0.25, 0.3) is 0 Å². The summed E-state index contributed by atoms with van der Waals surface area (Å²) in [7, 11) is 0. The molecule has 0 aromatic heterocycles. The third kappa shape index (κ3) is 7.78. The highest BCUT2D eigenvalue weighted by Gasteiger charge is 1.88. The van der Waals surface area contributed by atoms with Crippen molar-refractivity contribution in [2.75, 3.05) is 5.88 Å². The van der Waals surface area contributed by atoms with Gasteiger partial charge in [0.15, 0.2) is 0 Å². The fourth-order valence-electron chi connectivity index (χ4n) is 0.829. The van der Waals surface area contributed by atoms with Crippen LogP contribution in [0.5, 0.6) is 0 Å². The van der Waals surface area contributed by atoms with E-state index < -0.39 is 0 Å². The fraction of sp³-hybridized carbons (Fsp3) is 0.875. The first kappa shape index (κ1) is 9.78. The minimum absolute atomic E-state index is 0.709. The number of unbranched alkanes of at least 4 members (excludes halogenated alkanes) is 5. The van der Waals surface area contributed by atoms with Gasteiger partial charge in [0, 0.05) is 12.3 Å². The standard InChI is InChI=1S/C8H14ClN/c9-7-5-3-1-2-4-6-8-10/h1-7H2. The number of alkyl halides is 1. The van der Waals surface area contributed by atoms with E-state index in [9.17, 15) is 0 Å². The molecule has 0 aromatic rings. The Morgan fingerprint density at radius 2 is 1.60 bits per heavy atom. The van der Waals surface area contributed by atoms with Crippen LogP contribution in [0.15, 0.2) is 0 Å². The Morgan fingerprint density at radius 3 is 2.20 bits per heavy atom. The van der Waals surface area contributed by atoms with Gasteiger partial charge in [-0.3, -0.25) is 0 Å². The molecule has 0 aliphatic heterocycles. The maximum Gasteiger partial charge on any atom is 0.0621 e. The van der Waals surface area contributed by atoms with Gasteiger partial charge in [0.2, 0.25) is 0 Å². The predicted octanol–water partition coefficient (Wildman–Crippen LogP) is 3.09. The summed E-state index contributed by atoms with van der Waals surface area (Å²) < 4.78 is 0. The lowest BCUT2D eigenvalue weighted by Crippen LogP contribution is -1.78. The average molecular weight is 160 g/mol. The molecular weight excluding hydrogens is 146 g/mol. The van der Waals surface area contributed by atoms with E-state index in [4.69, 9.17) is 16.9 Å². The van der Waals surface area contributed by atoms with Gasteiger partial charge in [-0.25, -0.2) is 0 Å². The Balaban J connectivity index is 2.72. The Bertz CT molecular complexity index is 95.9. The van der Waals surface area contributed by atoms with Crippen LogP contribution in [0.2, 0.25) is 0 Å². The van der Waals surface area contributed by atoms with Crippen molar-refractivity contribution in [3.05, 3.63) is 0 Å². The molecule has 0 aliphatic rings. The zero-order valence-electron chi connectivity index (χ0n) is 6.27. The molecule has 0 fully saturated rings. The van der Waals surface area contributed by atoms with Gasteiger partial charge >= 0.3 is 0 Å². The van der Waals surface area contributed by atoms with Gasteiger partial charge in [-0.2, -0.15) is 5.26 Å². The molecule has 0 saturated carbocycles. The smallest absolute Gasteiger partial charge is 0.0621 e. The summed E-state index contributed by atoms with van der Waals surface area (Å²) in [6.45, 7) is 0. The van der Waals surface area contributed by atoms with Crippen LogP contribution >= 0.6 is 11.6 Å². The number of hydrogen-bond donors (Lipinski definition) is 0. The Labute approximate surface area is 68.0 Å². The van der Waals surface area contributed by atoms with Gasteiger partial charge in [-0.05, 0) is 12.8 Å². The summed E-state index contributed by atoms with van der Waals surface area (Å²) in [4.78, 5) is 0. The van der Waals surface area contributed by atoms with Crippen molar-refractivity contribution in [3.8, 4) is 6.07 Å². The Hall–Kier alpha value is -0.220. The highest BCUT2D eigenvalue weighted by Crippen LogP contribution is 2.04. The molecule has 1 nitrogen and oxygen atoms in total. The Morgan fingerprint density at radius 1 is 1.00 bits per heavy atom. The highest BCUT2D eigenvalue weighted by molar-refractivity contribution is 6.17. The second-order valence-electron chi connectivity index (χ2n) is 2.36. The molecule has 0 atom stereocenters. The van der Waals surface area contributed by atoms with Crippen molar-refractivity contribution < 1.29 is 0 Å². The highest BCUT2D eigenvalue weighted by atomic mass is 35.5. The van der Waals surface area contributed by atoms with Crippen LogP contribution < -0.4 is 0 Å². The number of nitriles is 1. The molecule has 0 spiro atoms. The molecule has 0 amide bonds. The van der Waals surface area contributed by atoms with E-state index in [1.807, 2.05) is 0 Å². The largest absolute Gasteiger partial charge is 0.198 e. The second kappa shape index (κ2) is 8.78. The van der Waals surface area contributed by atoms with Crippen molar-refractivity contribution in [2.45, 2.75) is 38.5 Å². The van der Waals surface area contributed by atoms with E-state index in [0.29, 0.717) is 6.42 Å². The molecule has 58 valence electrons. The van der Waals surface area contributed by atoms with Gasteiger partial charge in [-0.15, -0.1) is 11.6 Å². The van der Waals surface area contributed by atoms with Crippen LogP contribution in [0.4, 0.5) is 0 Å². The summed E-state index contributed by atoms with van der Waals surface area (Å²) in [6, 6.07) is 2.13. The Kier molecular flexibility index (Phi) is 8.59. The van der Waals surface area contributed by atoms with Gasteiger partial charge in [0.05, 0.1) is 6.07 Å². The van der Waals surface area contributed by atoms with Crippen molar-refractivity contribution in [3.63, 3.8) is 0 Å². The van der Waals surface area contributed by atoms with E-state index >= 15 is 0 Å². The molecule has 0 rings (SSSR count). The molecule has 0 unspecified atom stereocenters. The van der Waals surface area contributed by atoms with Crippen molar-refractivity contribution in [2.24, 2.45) is 0 Å². The van der Waals surface area contributed by atoms with Crippen LogP contribution in [-0.4, -0.2) is 5.88 Å². The monoisotopic (exact) mass is 159 g/mol. The van der Waals surface area contributed by atoms with Gasteiger partial charge in [0.25, 0.3) is 0 Å². The maximum absolute atomic E-state index is 8.20. The summed E-state index contributed by atoms with van der Waals surface area (Å²) in [5.74, 6) is 0.776. The zero-order valence-corrected chi connectivity index (χ0v) is 7.03. The first-order valence-electron chi connectivity index (χ1n) is 3.84. The third-order valence-electron chi connectivity index (χ3n) is 1.42. The van der Waals surface area contributed by atoms with Crippen molar-refractivity contribution in [1.82, 2.24) is 0 Å². The SMILES string of the molecule is N#CCCCCCCCCl. The first-order chi connectivity index (χ1) is 4.91. The number of hydrogen-bond acceptors (Lipinski definition) is 1. The van der Waals surface area contributed by atoms with Crippen LogP contribution in [-0.2, 0) is 0 Å². The number of halogens is 1. The van der Waals surface area contributed by atoms with Gasteiger partial charge in [-0.1, -0.05) is 19.3 Å². The lowest BCUT2D eigenvalue weighted by Gasteiger charge is -1.94. The fourth-order valence-corrected chi connectivity index (χ4v) is 1.02. The maximum atomic E-state index is 8.20. The van der Waals surface area contributed by atoms with Gasteiger partial charge in [0.1, 0.15) is 0 Å². The summed E-state index contributed by atoms with van der Waals surface area (Å²) in [5.41, 5.74) is 0. The lowest BCUT2D eigenvalue weighted by atomic mass is 10.1. The minimum atomic E-state index is 0.709. The van der Waals surface area contributed by atoms with Crippen molar-refractivity contribution >= 4 is 11.6 Å². The molecule has 0 bridgehead atoms. The predicted molar refractivity (Wildman–Crippen MR) is 44.0 cm³/mol. The van der Waals surface area contributed by atoms with Crippen LogP contribution in [0.3, 0.4) is 0 Å². The van der Waals surface area contributed by atoms with Crippen LogP contribution in [0.1, 0.15) is 38.5 Å². The van der Waals surface area contributed by atoms with Crippen LogP contribution in [0, 0.1) is 11.3 Å². The molecule has 0 saturated heterocycles. The number of nitrogens with zero attached hydrogens (tertiary/aromatic N) is 1. The molecular formula is C8H14ClN. The van der Waals surface area contributed by atoms with E-state index in [0.717, 1.165) is 18.7 Å². The van der Waals surface area contributed by atoms with E-state index in [1.165, 1.54) is 19.3 Å². The molecule has 0 aromatic carbocycles. The van der Waals surface area contributed by atoms with Crippen molar-refractivity contribution in [1.29, 1.82) is 5.26 Å². The second-order valence-corrected chi connectivity index (χ2v) is 2.74. The first-order valence-corrected chi connectivity index (χ1v) is 4.38. The number of rotatable bonds is 6. The lowest BCUT2D eigenvalue weighted by molar-refractivity contribution is 0.641.